The summed E-state index contributed by atoms with van der Waals surface area (Å²) in [6.07, 6.45) is 1.83. The number of nitrogens with zero attached hydrogens (tertiary/aromatic N) is 2. The van der Waals surface area contributed by atoms with E-state index >= 15 is 0 Å². The van der Waals surface area contributed by atoms with Crippen LogP contribution in [-0.4, -0.2) is 31.2 Å². The van der Waals surface area contributed by atoms with Crippen molar-refractivity contribution < 1.29 is 14.3 Å². The number of pyridine rings is 1. The number of rotatable bonds is 2. The van der Waals surface area contributed by atoms with Gasteiger partial charge in [0.25, 0.3) is 0 Å². The summed E-state index contributed by atoms with van der Waals surface area (Å²) in [5, 5.41) is 0. The number of aryl methyl sites for hydroxylation is 1. The zero-order valence-electron chi connectivity index (χ0n) is 12.0. The Balaban J connectivity index is 2.06. The molecule has 1 aromatic heterocycles. The molecule has 1 aliphatic rings. The Hall–Kier alpha value is -2.56. The fraction of sp³-hybridized carbons (Fsp3) is 0.250. The summed E-state index contributed by atoms with van der Waals surface area (Å²) in [5.74, 6) is 0.996. The Morgan fingerprint density at radius 2 is 2.19 bits per heavy atom. The molecule has 0 amide bonds. The Morgan fingerprint density at radius 3 is 2.90 bits per heavy atom. The lowest BCUT2D eigenvalue weighted by Crippen LogP contribution is -2.30. The molecule has 2 heterocycles. The van der Waals surface area contributed by atoms with E-state index in [1.54, 1.807) is 6.07 Å². The molecule has 0 unspecified atom stereocenters. The van der Waals surface area contributed by atoms with Gasteiger partial charge in [-0.25, -0.2) is 9.78 Å². The number of carbonyl (C=O) groups is 1. The van der Waals surface area contributed by atoms with Gasteiger partial charge in [-0.2, -0.15) is 0 Å². The van der Waals surface area contributed by atoms with E-state index in [-0.39, 0.29) is 0 Å². The molecular weight excluding hydrogens is 268 g/mol. The van der Waals surface area contributed by atoms with Crippen LogP contribution in [0.4, 0.5) is 11.5 Å². The van der Waals surface area contributed by atoms with Crippen molar-refractivity contribution in [3.63, 3.8) is 0 Å². The summed E-state index contributed by atoms with van der Waals surface area (Å²) in [6, 6.07) is 9.43. The molecule has 21 heavy (non-hydrogen) atoms. The van der Waals surface area contributed by atoms with Crippen LogP contribution in [-0.2, 0) is 4.74 Å². The van der Waals surface area contributed by atoms with E-state index in [1.807, 2.05) is 42.3 Å². The van der Waals surface area contributed by atoms with E-state index in [0.717, 1.165) is 17.1 Å². The largest absolute Gasteiger partial charge is 0.489 e. The van der Waals surface area contributed by atoms with Crippen molar-refractivity contribution in [2.24, 2.45) is 0 Å². The monoisotopic (exact) mass is 284 g/mol. The molecule has 0 radical (unpaired) electrons. The molecule has 0 aliphatic carbocycles. The molecule has 0 fully saturated rings. The van der Waals surface area contributed by atoms with Crippen LogP contribution in [0.1, 0.15) is 15.9 Å². The Morgan fingerprint density at radius 1 is 1.33 bits per heavy atom. The summed E-state index contributed by atoms with van der Waals surface area (Å²) in [4.78, 5) is 18.3. The smallest absolute Gasteiger partial charge is 0.341 e. The van der Waals surface area contributed by atoms with Crippen LogP contribution in [0.25, 0.3) is 0 Å². The highest BCUT2D eigenvalue weighted by atomic mass is 16.5. The molecule has 108 valence electrons. The van der Waals surface area contributed by atoms with Crippen LogP contribution in [0.3, 0.4) is 0 Å². The maximum absolute atomic E-state index is 11.8. The van der Waals surface area contributed by atoms with Crippen LogP contribution >= 0.6 is 0 Å². The molecule has 0 N–H and O–H groups in total. The number of fused-ring (bicyclic) bond motifs is 1. The Bertz CT molecular complexity index is 668. The van der Waals surface area contributed by atoms with Crippen molar-refractivity contribution in [3.8, 4) is 5.75 Å². The SMILES string of the molecule is COC(=O)c1cccc2c1OCCN2c1ccc(C)cn1. The number of para-hydroxylation sites is 1. The minimum absolute atomic E-state index is 0.398. The van der Waals surface area contributed by atoms with E-state index < -0.39 is 5.97 Å². The lowest BCUT2D eigenvalue weighted by atomic mass is 10.1. The Kier molecular flexibility index (Phi) is 3.48. The fourth-order valence-corrected chi connectivity index (χ4v) is 2.38. The van der Waals surface area contributed by atoms with Crippen LogP contribution < -0.4 is 9.64 Å². The summed E-state index contributed by atoms with van der Waals surface area (Å²) in [6.45, 7) is 3.18. The number of hydrogen-bond donors (Lipinski definition) is 0. The first-order valence-electron chi connectivity index (χ1n) is 6.75. The molecule has 0 saturated carbocycles. The number of benzene rings is 1. The van der Waals surface area contributed by atoms with E-state index in [1.165, 1.54) is 7.11 Å². The van der Waals surface area contributed by atoms with Gasteiger partial charge in [-0.3, -0.25) is 0 Å². The summed E-state index contributed by atoms with van der Waals surface area (Å²) < 4.78 is 10.5. The lowest BCUT2D eigenvalue weighted by molar-refractivity contribution is 0.0596. The number of methoxy groups -OCH3 is 1. The van der Waals surface area contributed by atoms with E-state index in [9.17, 15) is 4.79 Å². The summed E-state index contributed by atoms with van der Waals surface area (Å²) in [5.41, 5.74) is 2.38. The topological polar surface area (TPSA) is 51.7 Å². The van der Waals surface area contributed by atoms with Crippen molar-refractivity contribution in [1.82, 2.24) is 4.98 Å². The van der Waals surface area contributed by atoms with Crippen LogP contribution in [0.5, 0.6) is 5.75 Å². The quantitative estimate of drug-likeness (QED) is 0.794. The second kappa shape index (κ2) is 5.44. The third-order valence-corrected chi connectivity index (χ3v) is 3.42. The maximum Gasteiger partial charge on any atom is 0.341 e. The van der Waals surface area contributed by atoms with Gasteiger partial charge in [0.05, 0.1) is 19.3 Å². The van der Waals surface area contributed by atoms with Crippen LogP contribution in [0, 0.1) is 6.92 Å². The predicted molar refractivity (Wildman–Crippen MR) is 79.3 cm³/mol. The first-order valence-corrected chi connectivity index (χ1v) is 6.75. The first-order chi connectivity index (χ1) is 10.2. The normalized spacial score (nSPS) is 13.3. The average molecular weight is 284 g/mol. The van der Waals surface area contributed by atoms with Crippen molar-refractivity contribution >= 4 is 17.5 Å². The highest BCUT2D eigenvalue weighted by Gasteiger charge is 2.25. The second-order valence-corrected chi connectivity index (χ2v) is 4.84. The highest BCUT2D eigenvalue weighted by molar-refractivity contribution is 5.95. The van der Waals surface area contributed by atoms with Crippen molar-refractivity contribution in [3.05, 3.63) is 47.7 Å². The van der Waals surface area contributed by atoms with Gasteiger partial charge in [0.15, 0.2) is 5.75 Å². The molecule has 0 bridgehead atoms. The summed E-state index contributed by atoms with van der Waals surface area (Å²) in [7, 11) is 1.36. The van der Waals surface area contributed by atoms with Gasteiger partial charge in [0.2, 0.25) is 0 Å². The van der Waals surface area contributed by atoms with Gasteiger partial charge in [-0.05, 0) is 30.7 Å². The molecule has 0 atom stereocenters. The molecule has 5 nitrogen and oxygen atoms in total. The van der Waals surface area contributed by atoms with Crippen LogP contribution in [0.15, 0.2) is 36.5 Å². The number of ether oxygens (including phenoxy) is 2. The first kappa shape index (κ1) is 13.4. The molecule has 1 aromatic carbocycles. The van der Waals surface area contributed by atoms with E-state index in [0.29, 0.717) is 24.5 Å². The van der Waals surface area contributed by atoms with Crippen molar-refractivity contribution in [1.29, 1.82) is 0 Å². The maximum atomic E-state index is 11.8. The Labute approximate surface area is 123 Å². The highest BCUT2D eigenvalue weighted by Crippen LogP contribution is 2.38. The van der Waals surface area contributed by atoms with Gasteiger partial charge < -0.3 is 14.4 Å². The second-order valence-electron chi connectivity index (χ2n) is 4.84. The fourth-order valence-electron chi connectivity index (χ4n) is 2.38. The molecular formula is C16H16N2O3. The minimum atomic E-state index is -0.398. The van der Waals surface area contributed by atoms with E-state index in [4.69, 9.17) is 9.47 Å². The molecule has 3 rings (SSSR count). The predicted octanol–water partition coefficient (Wildman–Crippen LogP) is 2.71. The third kappa shape index (κ3) is 2.42. The molecule has 0 saturated heterocycles. The lowest BCUT2D eigenvalue weighted by Gasteiger charge is -2.31. The molecule has 5 heteroatoms. The third-order valence-electron chi connectivity index (χ3n) is 3.42. The number of aromatic nitrogens is 1. The van der Waals surface area contributed by atoms with Gasteiger partial charge in [0, 0.05) is 6.20 Å². The molecule has 0 spiro atoms. The van der Waals surface area contributed by atoms with Crippen molar-refractivity contribution in [2.45, 2.75) is 6.92 Å². The zero-order valence-corrected chi connectivity index (χ0v) is 12.0. The van der Waals surface area contributed by atoms with Gasteiger partial charge >= 0.3 is 5.97 Å². The minimum Gasteiger partial charge on any atom is -0.489 e. The number of carbonyl (C=O) groups excluding carboxylic acids is 1. The molecule has 1 aliphatic heterocycles. The number of hydrogen-bond acceptors (Lipinski definition) is 5. The number of esters is 1. The van der Waals surface area contributed by atoms with Crippen LogP contribution in [0.2, 0.25) is 0 Å². The summed E-state index contributed by atoms with van der Waals surface area (Å²) >= 11 is 0. The van der Waals surface area contributed by atoms with Gasteiger partial charge in [0.1, 0.15) is 18.0 Å². The van der Waals surface area contributed by atoms with E-state index in [2.05, 4.69) is 4.98 Å². The van der Waals surface area contributed by atoms with Crippen molar-refractivity contribution in [2.75, 3.05) is 25.2 Å². The number of anilines is 2. The molecule has 2 aromatic rings. The average Bonchev–Trinajstić information content (AvgIpc) is 2.54. The van der Waals surface area contributed by atoms with Gasteiger partial charge in [-0.15, -0.1) is 0 Å². The standard InChI is InChI=1S/C16H16N2O3/c1-11-6-7-14(17-10-11)18-8-9-21-15-12(16(19)20-2)4-3-5-13(15)18/h3-7,10H,8-9H2,1-2H3. The van der Waals surface area contributed by atoms with Gasteiger partial charge in [-0.1, -0.05) is 12.1 Å². The zero-order chi connectivity index (χ0) is 14.8.